The standard InChI is InChI=1S/C20H25N5O3S/c1-4-7-15-17-18(24(3)23-15)20(26)22-19(21-17)14-12-13(8-9-16(14)28-5-2)29(27)25-10-6-11-25/h8-9,12H,4-7,10-11H2,1-3H3,(H,21,22,26). The molecule has 1 aromatic carbocycles. The summed E-state index contributed by atoms with van der Waals surface area (Å²) >= 11 is -1.23. The molecule has 29 heavy (non-hydrogen) atoms. The van der Waals surface area contributed by atoms with Crippen molar-refractivity contribution in [3.05, 3.63) is 34.2 Å². The number of nitrogens with zero attached hydrogens (tertiary/aromatic N) is 4. The van der Waals surface area contributed by atoms with E-state index in [9.17, 15) is 9.35 Å². The highest BCUT2D eigenvalue weighted by molar-refractivity contribution is 7.89. The minimum absolute atomic E-state index is 0.251. The van der Waals surface area contributed by atoms with Crippen LogP contribution in [-0.4, -0.2) is 48.3 Å². The molecule has 2 aromatic heterocycles. The van der Waals surface area contributed by atoms with Crippen LogP contribution in [0.3, 0.4) is 0 Å². The number of benzene rings is 1. The van der Waals surface area contributed by atoms with E-state index < -0.39 is 11.4 Å². The summed E-state index contributed by atoms with van der Waals surface area (Å²) in [7, 11) is 1.75. The van der Waals surface area contributed by atoms with Crippen molar-refractivity contribution in [2.45, 2.75) is 38.0 Å². The summed E-state index contributed by atoms with van der Waals surface area (Å²) in [6, 6.07) is 5.41. The van der Waals surface area contributed by atoms with Gasteiger partial charge in [0.05, 0.1) is 29.2 Å². The molecule has 1 unspecified atom stereocenters. The largest absolute Gasteiger partial charge is 0.593 e. The molecular weight excluding hydrogens is 390 g/mol. The quantitative estimate of drug-likeness (QED) is 0.595. The molecule has 9 heteroatoms. The number of hydrogen-bond donors (Lipinski definition) is 1. The topological polar surface area (TPSA) is 99.1 Å². The predicted molar refractivity (Wildman–Crippen MR) is 112 cm³/mol. The molecular formula is C20H25N5O3S. The lowest BCUT2D eigenvalue weighted by Crippen LogP contribution is -2.41. The molecule has 3 aromatic rings. The van der Waals surface area contributed by atoms with E-state index in [4.69, 9.17) is 9.72 Å². The molecule has 1 saturated heterocycles. The maximum atomic E-state index is 12.8. The monoisotopic (exact) mass is 415 g/mol. The lowest BCUT2D eigenvalue weighted by Gasteiger charge is -2.30. The predicted octanol–water partition coefficient (Wildman–Crippen LogP) is 2.40. The molecule has 1 atom stereocenters. The van der Waals surface area contributed by atoms with Crippen LogP contribution in [0.2, 0.25) is 0 Å². The molecule has 154 valence electrons. The van der Waals surface area contributed by atoms with E-state index in [1.807, 2.05) is 17.3 Å². The van der Waals surface area contributed by atoms with Crippen LogP contribution < -0.4 is 10.3 Å². The molecule has 0 radical (unpaired) electrons. The van der Waals surface area contributed by atoms with Gasteiger partial charge in [-0.15, -0.1) is 4.31 Å². The maximum Gasteiger partial charge on any atom is 0.277 e. The summed E-state index contributed by atoms with van der Waals surface area (Å²) in [6.07, 6.45) is 2.71. The van der Waals surface area contributed by atoms with Crippen LogP contribution in [-0.2, 0) is 24.8 Å². The average Bonchev–Trinajstić information content (AvgIpc) is 2.97. The van der Waals surface area contributed by atoms with E-state index in [1.165, 1.54) is 0 Å². The Bertz CT molecular complexity index is 1090. The van der Waals surface area contributed by atoms with Gasteiger partial charge in [0.25, 0.3) is 5.56 Å². The van der Waals surface area contributed by atoms with E-state index in [0.717, 1.165) is 38.0 Å². The molecule has 8 nitrogen and oxygen atoms in total. The summed E-state index contributed by atoms with van der Waals surface area (Å²) in [5, 5.41) is 4.47. The van der Waals surface area contributed by atoms with E-state index in [-0.39, 0.29) is 5.56 Å². The van der Waals surface area contributed by atoms with Crippen molar-refractivity contribution in [2.75, 3.05) is 19.7 Å². The first-order valence-corrected chi connectivity index (χ1v) is 11.0. The van der Waals surface area contributed by atoms with Gasteiger partial charge in [0.15, 0.2) is 10.4 Å². The zero-order valence-corrected chi connectivity index (χ0v) is 17.7. The number of rotatable bonds is 7. The van der Waals surface area contributed by atoms with Crippen molar-refractivity contribution in [1.29, 1.82) is 0 Å². The van der Waals surface area contributed by atoms with Gasteiger partial charge in [-0.25, -0.2) is 4.98 Å². The highest BCUT2D eigenvalue weighted by atomic mass is 32.2. The van der Waals surface area contributed by atoms with Gasteiger partial charge in [-0.05, 0) is 31.9 Å². The van der Waals surface area contributed by atoms with Crippen LogP contribution in [0.1, 0.15) is 32.4 Å². The first-order valence-electron chi connectivity index (χ1n) is 9.93. The number of ether oxygens (including phenoxy) is 1. The molecule has 1 aliphatic heterocycles. The van der Waals surface area contributed by atoms with Gasteiger partial charge in [0.1, 0.15) is 17.1 Å². The molecule has 0 bridgehead atoms. The maximum absolute atomic E-state index is 12.8. The zero-order chi connectivity index (χ0) is 20.5. The molecule has 0 spiro atoms. The second kappa shape index (κ2) is 8.17. The van der Waals surface area contributed by atoms with Crippen molar-refractivity contribution in [3.63, 3.8) is 0 Å². The summed E-state index contributed by atoms with van der Waals surface area (Å²) in [5.74, 6) is 0.999. The lowest BCUT2D eigenvalue weighted by molar-refractivity contribution is 0.309. The van der Waals surface area contributed by atoms with Crippen LogP contribution in [0.15, 0.2) is 27.9 Å². The number of hydrogen-bond acceptors (Lipinski definition) is 6. The number of aromatic nitrogens is 4. The van der Waals surface area contributed by atoms with Gasteiger partial charge in [0.2, 0.25) is 0 Å². The second-order valence-corrected chi connectivity index (χ2v) is 8.54. The summed E-state index contributed by atoms with van der Waals surface area (Å²) in [5.41, 5.74) is 2.23. The number of fused-ring (bicyclic) bond motifs is 1. The van der Waals surface area contributed by atoms with E-state index in [1.54, 1.807) is 23.9 Å². The second-order valence-electron chi connectivity index (χ2n) is 7.05. The van der Waals surface area contributed by atoms with Gasteiger partial charge in [-0.3, -0.25) is 9.48 Å². The SMILES string of the molecule is CCCc1nn(C)c2c(=O)[nH]c(-c3cc([S+]([O-])N4CCC4)ccc3OCC)nc12. The highest BCUT2D eigenvalue weighted by Gasteiger charge is 2.29. The first kappa shape index (κ1) is 19.9. The van der Waals surface area contributed by atoms with Crippen LogP contribution >= 0.6 is 0 Å². The summed E-state index contributed by atoms with van der Waals surface area (Å²) in [4.78, 5) is 21.1. The minimum Gasteiger partial charge on any atom is -0.593 e. The minimum atomic E-state index is -1.23. The summed E-state index contributed by atoms with van der Waals surface area (Å²) in [6.45, 7) is 6.09. The molecule has 0 amide bonds. The van der Waals surface area contributed by atoms with Crippen LogP contribution in [0.4, 0.5) is 0 Å². The Kier molecular flexibility index (Phi) is 5.62. The molecule has 1 fully saturated rings. The van der Waals surface area contributed by atoms with E-state index in [2.05, 4.69) is 17.0 Å². The van der Waals surface area contributed by atoms with Gasteiger partial charge < -0.3 is 14.3 Å². The summed E-state index contributed by atoms with van der Waals surface area (Å²) < 4.78 is 22.1. The van der Waals surface area contributed by atoms with Crippen molar-refractivity contribution < 1.29 is 9.29 Å². The smallest absolute Gasteiger partial charge is 0.277 e. The Morgan fingerprint density at radius 3 is 2.76 bits per heavy atom. The Morgan fingerprint density at radius 1 is 1.31 bits per heavy atom. The van der Waals surface area contributed by atoms with Crippen molar-refractivity contribution in [2.24, 2.45) is 7.05 Å². The highest BCUT2D eigenvalue weighted by Crippen LogP contribution is 2.32. The number of aryl methyl sites for hydroxylation is 2. The molecule has 0 saturated carbocycles. The Balaban J connectivity index is 1.86. The molecule has 0 aliphatic carbocycles. The van der Waals surface area contributed by atoms with E-state index >= 15 is 0 Å². The third-order valence-corrected chi connectivity index (χ3v) is 6.50. The fourth-order valence-corrected chi connectivity index (χ4v) is 4.76. The lowest BCUT2D eigenvalue weighted by atomic mass is 10.1. The van der Waals surface area contributed by atoms with Crippen LogP contribution in [0.25, 0.3) is 22.4 Å². The van der Waals surface area contributed by atoms with Gasteiger partial charge in [-0.2, -0.15) is 5.10 Å². The van der Waals surface area contributed by atoms with Crippen LogP contribution in [0.5, 0.6) is 5.75 Å². The molecule has 3 heterocycles. The Labute approximate surface area is 172 Å². The molecule has 4 rings (SSSR count). The number of nitrogens with one attached hydrogen (secondary N) is 1. The average molecular weight is 416 g/mol. The molecule has 1 aliphatic rings. The Hall–Kier alpha value is -2.36. The van der Waals surface area contributed by atoms with Gasteiger partial charge >= 0.3 is 0 Å². The van der Waals surface area contributed by atoms with Crippen LogP contribution in [0, 0.1) is 0 Å². The Morgan fingerprint density at radius 2 is 2.10 bits per heavy atom. The molecule has 1 N–H and O–H groups in total. The fraction of sp³-hybridized carbons (Fsp3) is 0.450. The van der Waals surface area contributed by atoms with Gasteiger partial charge in [0, 0.05) is 26.2 Å². The number of aromatic amines is 1. The normalized spacial score (nSPS) is 15.4. The van der Waals surface area contributed by atoms with Crippen molar-refractivity contribution >= 4 is 22.4 Å². The van der Waals surface area contributed by atoms with Crippen molar-refractivity contribution in [3.8, 4) is 17.1 Å². The first-order chi connectivity index (χ1) is 14.0. The third-order valence-electron chi connectivity index (χ3n) is 5.01. The van der Waals surface area contributed by atoms with E-state index in [0.29, 0.717) is 39.7 Å². The van der Waals surface area contributed by atoms with Crippen molar-refractivity contribution in [1.82, 2.24) is 24.1 Å². The zero-order valence-electron chi connectivity index (χ0n) is 16.9. The number of H-pyrrole nitrogens is 1. The third kappa shape index (κ3) is 3.65. The van der Waals surface area contributed by atoms with Gasteiger partial charge in [-0.1, -0.05) is 13.3 Å². The fourth-order valence-electron chi connectivity index (χ4n) is 3.47.